The highest BCUT2D eigenvalue weighted by Gasteiger charge is 2.20. The van der Waals surface area contributed by atoms with Crippen LogP contribution in [0.1, 0.15) is 5.56 Å². The average Bonchev–Trinajstić information content (AvgIpc) is 3.53. The number of nitrogens with zero attached hydrogens (tertiary/aromatic N) is 7. The molecule has 0 aliphatic heterocycles. The molecule has 2 aromatic heterocycles. The zero-order valence-corrected chi connectivity index (χ0v) is 16.8. The smallest absolute Gasteiger partial charge is 0.242 e. The highest BCUT2D eigenvalue weighted by molar-refractivity contribution is 5.71. The third-order valence-corrected chi connectivity index (χ3v) is 4.70. The number of benzene rings is 3. The van der Waals surface area contributed by atoms with Crippen molar-refractivity contribution in [1.29, 1.82) is 0 Å². The lowest BCUT2D eigenvalue weighted by molar-refractivity contribution is 0.308. The molecule has 0 radical (unpaired) electrons. The van der Waals surface area contributed by atoms with E-state index in [2.05, 4.69) is 31.0 Å². The molecule has 0 fully saturated rings. The summed E-state index contributed by atoms with van der Waals surface area (Å²) in [6.07, 6.45) is 0. The van der Waals surface area contributed by atoms with Gasteiger partial charge in [-0.2, -0.15) is 0 Å². The summed E-state index contributed by atoms with van der Waals surface area (Å²) in [4.78, 5) is 0. The third kappa shape index (κ3) is 4.12. The van der Waals surface area contributed by atoms with E-state index in [0.717, 1.165) is 16.7 Å². The van der Waals surface area contributed by atoms with Crippen LogP contribution in [0.25, 0.3) is 22.5 Å². The minimum absolute atomic E-state index is 0.256. The molecule has 156 valence electrons. The number of hydrogen-bond donors (Lipinski definition) is 0. The first-order chi connectivity index (χ1) is 15.9. The topological polar surface area (TPSA) is 106 Å². The number of rotatable bonds is 7. The van der Waals surface area contributed by atoms with Gasteiger partial charge in [-0.05, 0) is 26.2 Å². The first kappa shape index (κ1) is 19.3. The van der Waals surface area contributed by atoms with E-state index in [0.29, 0.717) is 23.8 Å². The second-order valence-corrected chi connectivity index (χ2v) is 6.84. The Morgan fingerprint density at radius 2 is 1.19 bits per heavy atom. The summed E-state index contributed by atoms with van der Waals surface area (Å²) in [5.41, 5.74) is 3.74. The van der Waals surface area contributed by atoms with Crippen LogP contribution in [0.15, 0.2) is 111 Å². The maximum absolute atomic E-state index is 5.06. The van der Waals surface area contributed by atoms with Crippen LogP contribution in [0, 0.1) is 0 Å². The van der Waals surface area contributed by atoms with E-state index in [1.807, 2.05) is 91.0 Å². The molecule has 0 saturated heterocycles. The largest absolute Gasteiger partial charge is 0.247 e. The van der Waals surface area contributed by atoms with Crippen molar-refractivity contribution < 1.29 is 9.26 Å². The second-order valence-electron chi connectivity index (χ2n) is 6.84. The summed E-state index contributed by atoms with van der Waals surface area (Å²) in [5.74, 6) is 0.688. The molecule has 32 heavy (non-hydrogen) atoms. The fraction of sp³-hybridized carbons (Fsp3) is 0.0435. The monoisotopic (exact) mass is 423 g/mol. The van der Waals surface area contributed by atoms with Crippen molar-refractivity contribution in [3.8, 4) is 22.5 Å². The number of aromatic nitrogens is 4. The molecule has 0 atom stereocenters. The molecule has 0 aliphatic carbocycles. The Labute approximate surface area is 182 Å². The van der Waals surface area contributed by atoms with E-state index >= 15 is 0 Å². The lowest BCUT2D eigenvalue weighted by Gasteiger charge is -2.15. The molecule has 0 amide bonds. The maximum atomic E-state index is 5.06. The van der Waals surface area contributed by atoms with Crippen LogP contribution >= 0.6 is 0 Å². The van der Waals surface area contributed by atoms with Gasteiger partial charge in [0.2, 0.25) is 11.6 Å². The zero-order valence-electron chi connectivity index (χ0n) is 16.8. The zero-order chi connectivity index (χ0) is 21.6. The van der Waals surface area contributed by atoms with Crippen molar-refractivity contribution in [2.75, 3.05) is 5.01 Å². The van der Waals surface area contributed by atoms with Crippen molar-refractivity contribution in [2.24, 2.45) is 10.3 Å². The number of anilines is 1. The van der Waals surface area contributed by atoms with Crippen LogP contribution in [0.3, 0.4) is 0 Å². The predicted molar refractivity (Wildman–Crippen MR) is 117 cm³/mol. The molecule has 0 N–H and O–H groups in total. The fourth-order valence-corrected chi connectivity index (χ4v) is 3.16. The molecule has 0 spiro atoms. The summed E-state index contributed by atoms with van der Waals surface area (Å²) in [7, 11) is 0. The Bertz CT molecular complexity index is 1300. The lowest BCUT2D eigenvalue weighted by Crippen LogP contribution is -2.16. The van der Waals surface area contributed by atoms with Crippen LogP contribution in [-0.2, 0) is 6.54 Å². The average molecular weight is 423 g/mol. The summed E-state index contributed by atoms with van der Waals surface area (Å²) in [5, 5.41) is 26.4. The molecule has 0 unspecified atom stereocenters. The van der Waals surface area contributed by atoms with Crippen molar-refractivity contribution in [3.63, 3.8) is 0 Å². The number of hydrogen-bond acceptors (Lipinski definition) is 8. The molecule has 0 saturated carbocycles. The van der Waals surface area contributed by atoms with Gasteiger partial charge in [0.25, 0.3) is 0 Å². The van der Waals surface area contributed by atoms with Gasteiger partial charge >= 0.3 is 0 Å². The Kier molecular flexibility index (Phi) is 5.43. The Balaban J connectivity index is 1.52. The maximum Gasteiger partial charge on any atom is 0.247 e. The highest BCUT2D eigenvalue weighted by atomic mass is 16.6. The van der Waals surface area contributed by atoms with Crippen molar-refractivity contribution in [2.45, 2.75) is 6.54 Å². The summed E-state index contributed by atoms with van der Waals surface area (Å²) in [6.45, 7) is 0.393. The minimum atomic E-state index is 0.256. The SMILES string of the molecule is c1ccc(CN(N=Nc2nonc2-c2ccccc2)c2nonc2-c2ccccc2)cc1. The lowest BCUT2D eigenvalue weighted by atomic mass is 10.1. The standard InChI is InChI=1S/C23H17N7O2/c1-4-10-17(11-5-1)16-30(23-21(26-32-28-23)19-14-8-3-9-15-19)29-24-22-20(25-31-27-22)18-12-6-2-7-13-18/h1-15H,16H2. The van der Waals surface area contributed by atoms with Gasteiger partial charge in [0.05, 0.1) is 6.54 Å². The first-order valence-corrected chi connectivity index (χ1v) is 9.87. The fourth-order valence-electron chi connectivity index (χ4n) is 3.16. The van der Waals surface area contributed by atoms with E-state index in [1.54, 1.807) is 5.01 Å². The minimum Gasteiger partial charge on any atom is -0.242 e. The molecule has 3 aromatic carbocycles. The molecule has 5 aromatic rings. The second kappa shape index (κ2) is 9.00. The quantitative estimate of drug-likeness (QED) is 0.252. The van der Waals surface area contributed by atoms with E-state index in [9.17, 15) is 0 Å². The van der Waals surface area contributed by atoms with Gasteiger partial charge in [-0.25, -0.2) is 14.3 Å². The van der Waals surface area contributed by atoms with Crippen molar-refractivity contribution in [1.82, 2.24) is 20.6 Å². The van der Waals surface area contributed by atoms with E-state index in [4.69, 9.17) is 9.26 Å². The molecule has 0 aliphatic rings. The van der Waals surface area contributed by atoms with Gasteiger partial charge in [0.1, 0.15) is 0 Å². The Morgan fingerprint density at radius 1 is 0.625 bits per heavy atom. The van der Waals surface area contributed by atoms with Gasteiger partial charge < -0.3 is 0 Å². The predicted octanol–water partition coefficient (Wildman–Crippen LogP) is 5.49. The summed E-state index contributed by atoms with van der Waals surface area (Å²) < 4.78 is 9.97. The van der Waals surface area contributed by atoms with E-state index < -0.39 is 0 Å². The normalized spacial score (nSPS) is 11.1. The van der Waals surface area contributed by atoms with E-state index in [-0.39, 0.29) is 5.82 Å². The van der Waals surface area contributed by atoms with Gasteiger partial charge in [-0.3, -0.25) is 0 Å². The van der Waals surface area contributed by atoms with Gasteiger partial charge in [-0.15, -0.1) is 5.11 Å². The van der Waals surface area contributed by atoms with E-state index in [1.165, 1.54) is 0 Å². The Morgan fingerprint density at radius 3 is 1.88 bits per heavy atom. The molecular weight excluding hydrogens is 406 g/mol. The molecule has 5 rings (SSSR count). The van der Waals surface area contributed by atoms with Crippen molar-refractivity contribution >= 4 is 11.6 Å². The summed E-state index contributed by atoms with van der Waals surface area (Å²) in [6, 6.07) is 29.0. The molecule has 9 nitrogen and oxygen atoms in total. The van der Waals surface area contributed by atoms with Crippen LogP contribution in [0.5, 0.6) is 0 Å². The van der Waals surface area contributed by atoms with Crippen LogP contribution in [-0.4, -0.2) is 20.6 Å². The van der Waals surface area contributed by atoms with Crippen molar-refractivity contribution in [3.05, 3.63) is 96.6 Å². The van der Waals surface area contributed by atoms with Gasteiger partial charge in [0, 0.05) is 11.1 Å². The first-order valence-electron chi connectivity index (χ1n) is 9.87. The van der Waals surface area contributed by atoms with Crippen LogP contribution < -0.4 is 5.01 Å². The third-order valence-electron chi connectivity index (χ3n) is 4.70. The highest BCUT2D eigenvalue weighted by Crippen LogP contribution is 2.31. The van der Waals surface area contributed by atoms with Crippen LogP contribution in [0.2, 0.25) is 0 Å². The van der Waals surface area contributed by atoms with Gasteiger partial charge in [-0.1, -0.05) is 96.2 Å². The summed E-state index contributed by atoms with van der Waals surface area (Å²) >= 11 is 0. The molecule has 9 heteroatoms. The molecular formula is C23H17N7O2. The molecule has 2 heterocycles. The molecule has 0 bridgehead atoms. The van der Waals surface area contributed by atoms with Gasteiger partial charge in [0.15, 0.2) is 11.4 Å². The Hall–Kier alpha value is -4.66. The van der Waals surface area contributed by atoms with Crippen LogP contribution in [0.4, 0.5) is 11.6 Å².